The van der Waals surface area contributed by atoms with Crippen molar-refractivity contribution in [3.63, 3.8) is 0 Å². The van der Waals surface area contributed by atoms with Gasteiger partial charge in [0, 0.05) is 13.2 Å². The minimum absolute atomic E-state index is 0.0449. The molecule has 150 valence electrons. The normalized spacial score (nSPS) is 16.0. The van der Waals surface area contributed by atoms with E-state index in [0.717, 1.165) is 11.1 Å². The summed E-state index contributed by atoms with van der Waals surface area (Å²) in [5.41, 5.74) is 2.89. The summed E-state index contributed by atoms with van der Waals surface area (Å²) in [4.78, 5) is 28.2. The SMILES string of the molecule is Cc1cc(C)c2oc3c(c(=O)c2c1)C(c1ccc(Cl)c(Cl)c1)N(CCCO)C3=O. The van der Waals surface area contributed by atoms with Crippen LogP contribution in [0.5, 0.6) is 0 Å². The van der Waals surface area contributed by atoms with Crippen molar-refractivity contribution in [1.29, 1.82) is 0 Å². The van der Waals surface area contributed by atoms with E-state index < -0.39 is 6.04 Å². The standard InChI is InChI=1S/C22H19Cl2NO4/c1-11-8-12(2)20-14(9-11)19(27)17-18(13-4-5-15(23)16(24)10-13)25(6-3-7-26)22(28)21(17)29-20/h4-5,8-10,18,26H,3,6-7H2,1-2H3. The summed E-state index contributed by atoms with van der Waals surface area (Å²) in [6.45, 7) is 3.96. The predicted molar refractivity (Wildman–Crippen MR) is 113 cm³/mol. The van der Waals surface area contributed by atoms with Crippen LogP contribution in [0.15, 0.2) is 39.5 Å². The molecule has 0 bridgehead atoms. The number of hydrogen-bond acceptors (Lipinski definition) is 4. The Morgan fingerprint density at radius 2 is 1.86 bits per heavy atom. The molecule has 0 radical (unpaired) electrons. The van der Waals surface area contributed by atoms with E-state index in [-0.39, 0.29) is 30.2 Å². The fourth-order valence-corrected chi connectivity index (χ4v) is 4.28. The summed E-state index contributed by atoms with van der Waals surface area (Å²) >= 11 is 12.3. The molecule has 1 aromatic heterocycles. The molecule has 7 heteroatoms. The zero-order chi connectivity index (χ0) is 20.9. The molecule has 1 unspecified atom stereocenters. The monoisotopic (exact) mass is 431 g/mol. The first-order valence-electron chi connectivity index (χ1n) is 9.28. The maximum absolute atomic E-state index is 13.5. The van der Waals surface area contributed by atoms with Gasteiger partial charge in [-0.2, -0.15) is 0 Å². The predicted octanol–water partition coefficient (Wildman–Crippen LogP) is 4.64. The second-order valence-corrected chi connectivity index (χ2v) is 8.10. The Kier molecular flexibility index (Phi) is 5.15. The second kappa shape index (κ2) is 7.48. The summed E-state index contributed by atoms with van der Waals surface area (Å²) < 4.78 is 5.99. The van der Waals surface area contributed by atoms with Crippen LogP contribution in [0, 0.1) is 13.8 Å². The van der Waals surface area contributed by atoms with Crippen molar-refractivity contribution in [2.45, 2.75) is 26.3 Å². The number of carbonyl (C=O) groups excluding carboxylic acids is 1. The quantitative estimate of drug-likeness (QED) is 0.652. The minimum Gasteiger partial charge on any atom is -0.450 e. The van der Waals surface area contributed by atoms with Gasteiger partial charge < -0.3 is 14.4 Å². The van der Waals surface area contributed by atoms with Crippen LogP contribution in [-0.4, -0.2) is 29.1 Å². The van der Waals surface area contributed by atoms with E-state index in [2.05, 4.69) is 0 Å². The number of nitrogens with zero attached hydrogens (tertiary/aromatic N) is 1. The first kappa shape index (κ1) is 20.0. The van der Waals surface area contributed by atoms with Gasteiger partial charge in [0.25, 0.3) is 5.91 Å². The molecule has 0 saturated heterocycles. The highest BCUT2D eigenvalue weighted by Crippen LogP contribution is 2.40. The third-order valence-corrected chi connectivity index (χ3v) is 5.95. The van der Waals surface area contributed by atoms with Crippen LogP contribution in [-0.2, 0) is 0 Å². The number of aliphatic hydroxyl groups is 1. The smallest absolute Gasteiger partial charge is 0.290 e. The maximum atomic E-state index is 13.5. The number of hydrogen-bond donors (Lipinski definition) is 1. The van der Waals surface area contributed by atoms with Crippen molar-refractivity contribution in [3.05, 3.63) is 78.6 Å². The van der Waals surface area contributed by atoms with Gasteiger partial charge in [-0.3, -0.25) is 9.59 Å². The van der Waals surface area contributed by atoms with Gasteiger partial charge in [0.15, 0.2) is 5.43 Å². The lowest BCUT2D eigenvalue weighted by Gasteiger charge is -2.25. The Bertz CT molecular complexity index is 1200. The number of halogens is 2. The average molecular weight is 432 g/mol. The Balaban J connectivity index is 2.01. The molecule has 1 atom stereocenters. The minimum atomic E-state index is -0.653. The number of benzene rings is 2. The van der Waals surface area contributed by atoms with Crippen molar-refractivity contribution in [2.75, 3.05) is 13.2 Å². The Morgan fingerprint density at radius 3 is 2.55 bits per heavy atom. The van der Waals surface area contributed by atoms with E-state index in [1.54, 1.807) is 29.2 Å². The summed E-state index contributed by atoms with van der Waals surface area (Å²) in [6.07, 6.45) is 0.378. The molecule has 1 aliphatic rings. The summed E-state index contributed by atoms with van der Waals surface area (Å²) in [5, 5.41) is 10.5. The van der Waals surface area contributed by atoms with Gasteiger partial charge in [0.2, 0.25) is 5.76 Å². The van der Waals surface area contributed by atoms with Gasteiger partial charge in [-0.05, 0) is 55.2 Å². The van der Waals surface area contributed by atoms with E-state index in [9.17, 15) is 14.7 Å². The first-order chi connectivity index (χ1) is 13.8. The van der Waals surface area contributed by atoms with Crippen LogP contribution >= 0.6 is 23.2 Å². The molecule has 1 N–H and O–H groups in total. The van der Waals surface area contributed by atoms with E-state index in [4.69, 9.17) is 27.6 Å². The van der Waals surface area contributed by atoms with E-state index in [1.807, 2.05) is 19.9 Å². The highest BCUT2D eigenvalue weighted by atomic mass is 35.5. The van der Waals surface area contributed by atoms with Crippen LogP contribution < -0.4 is 5.43 Å². The lowest BCUT2D eigenvalue weighted by atomic mass is 9.97. The number of aliphatic hydroxyl groups excluding tert-OH is 1. The van der Waals surface area contributed by atoms with Crippen LogP contribution in [0.1, 0.15) is 45.3 Å². The van der Waals surface area contributed by atoms with Gasteiger partial charge >= 0.3 is 0 Å². The molecule has 2 aromatic carbocycles. The van der Waals surface area contributed by atoms with Gasteiger partial charge in [0.1, 0.15) is 5.58 Å². The molecule has 0 spiro atoms. The topological polar surface area (TPSA) is 70.8 Å². The zero-order valence-corrected chi connectivity index (χ0v) is 17.5. The molecule has 29 heavy (non-hydrogen) atoms. The van der Waals surface area contributed by atoms with Crippen molar-refractivity contribution < 1.29 is 14.3 Å². The number of amides is 1. The summed E-state index contributed by atoms with van der Waals surface area (Å²) in [7, 11) is 0. The first-order valence-corrected chi connectivity index (χ1v) is 10.0. The maximum Gasteiger partial charge on any atom is 0.290 e. The Morgan fingerprint density at radius 1 is 1.10 bits per heavy atom. The Hall–Kier alpha value is -2.34. The lowest BCUT2D eigenvalue weighted by Crippen LogP contribution is -2.31. The van der Waals surface area contributed by atoms with Crippen molar-refractivity contribution in [3.8, 4) is 0 Å². The van der Waals surface area contributed by atoms with Gasteiger partial charge in [-0.1, -0.05) is 35.3 Å². The number of rotatable bonds is 4. The molecule has 2 heterocycles. The van der Waals surface area contributed by atoms with Gasteiger partial charge in [-0.15, -0.1) is 0 Å². The third-order valence-electron chi connectivity index (χ3n) is 5.21. The van der Waals surface area contributed by atoms with Crippen LogP contribution in [0.3, 0.4) is 0 Å². The largest absolute Gasteiger partial charge is 0.450 e. The molecular formula is C22H19Cl2NO4. The molecule has 0 saturated carbocycles. The van der Waals surface area contributed by atoms with E-state index >= 15 is 0 Å². The molecule has 1 aliphatic heterocycles. The second-order valence-electron chi connectivity index (χ2n) is 7.28. The molecule has 3 aromatic rings. The van der Waals surface area contributed by atoms with Crippen molar-refractivity contribution in [2.24, 2.45) is 0 Å². The number of carbonyl (C=O) groups is 1. The molecular weight excluding hydrogens is 413 g/mol. The lowest BCUT2D eigenvalue weighted by molar-refractivity contribution is 0.0716. The van der Waals surface area contributed by atoms with Gasteiger partial charge in [0.05, 0.1) is 27.0 Å². The summed E-state index contributed by atoms with van der Waals surface area (Å²) in [6, 6.07) is 8.09. The molecule has 1 amide bonds. The van der Waals surface area contributed by atoms with Crippen LogP contribution in [0.2, 0.25) is 10.0 Å². The fraction of sp³-hybridized carbons (Fsp3) is 0.273. The van der Waals surface area contributed by atoms with E-state index in [1.165, 1.54) is 0 Å². The highest BCUT2D eigenvalue weighted by molar-refractivity contribution is 6.42. The number of aryl methyl sites for hydroxylation is 2. The molecule has 4 rings (SSSR count). The Labute approximate surface area is 177 Å². The summed E-state index contributed by atoms with van der Waals surface area (Å²) in [5.74, 6) is -0.327. The average Bonchev–Trinajstić information content (AvgIpc) is 2.95. The van der Waals surface area contributed by atoms with Crippen molar-refractivity contribution >= 4 is 40.1 Å². The van der Waals surface area contributed by atoms with Crippen LogP contribution in [0.4, 0.5) is 0 Å². The fourth-order valence-electron chi connectivity index (χ4n) is 3.98. The number of fused-ring (bicyclic) bond motifs is 2. The van der Waals surface area contributed by atoms with Crippen LogP contribution in [0.25, 0.3) is 11.0 Å². The van der Waals surface area contributed by atoms with Gasteiger partial charge in [-0.25, -0.2) is 0 Å². The van der Waals surface area contributed by atoms with Crippen molar-refractivity contribution in [1.82, 2.24) is 4.90 Å². The molecule has 0 fully saturated rings. The third kappa shape index (κ3) is 3.23. The molecule has 0 aliphatic carbocycles. The molecule has 5 nitrogen and oxygen atoms in total. The zero-order valence-electron chi connectivity index (χ0n) is 16.0. The van der Waals surface area contributed by atoms with E-state index in [0.29, 0.717) is 38.6 Å². The highest BCUT2D eigenvalue weighted by Gasteiger charge is 2.42.